The van der Waals surface area contributed by atoms with Crippen LogP contribution in [0.15, 0.2) is 0 Å². The molecule has 0 spiro atoms. The summed E-state index contributed by atoms with van der Waals surface area (Å²) in [5.74, 6) is 1.32. The molecule has 2 atom stereocenters. The molecule has 2 nitrogen and oxygen atoms in total. The van der Waals surface area contributed by atoms with Crippen molar-refractivity contribution in [1.82, 2.24) is 4.90 Å². The van der Waals surface area contributed by atoms with Gasteiger partial charge in [0.2, 0.25) is 0 Å². The van der Waals surface area contributed by atoms with Gasteiger partial charge >= 0.3 is 0 Å². The van der Waals surface area contributed by atoms with E-state index in [9.17, 15) is 5.11 Å². The van der Waals surface area contributed by atoms with Gasteiger partial charge in [-0.3, -0.25) is 0 Å². The molecule has 0 bridgehead atoms. The normalized spacial score (nSPS) is 15.4. The summed E-state index contributed by atoms with van der Waals surface area (Å²) in [6, 6.07) is 0. The third-order valence-corrected chi connectivity index (χ3v) is 3.66. The first-order chi connectivity index (χ1) is 7.69. The molecule has 0 rings (SSSR count). The first kappa shape index (κ1) is 16.3. The van der Waals surface area contributed by atoms with E-state index in [1.165, 1.54) is 6.42 Å². The average Bonchev–Trinajstić information content (AvgIpc) is 2.32. The lowest BCUT2D eigenvalue weighted by atomic mass is 9.92. The maximum absolute atomic E-state index is 9.88. The standard InChI is InChI=1S/C13H29NOS/c1-4-13(15)12(9-11-16)8-7-10-14(5-2)6-3/h12-13,15-16H,4-11H2,1-3H3/t12?,13-/m0/s1. The van der Waals surface area contributed by atoms with E-state index in [1.54, 1.807) is 0 Å². The summed E-state index contributed by atoms with van der Waals surface area (Å²) in [5.41, 5.74) is 0. The Hall–Kier alpha value is 0.270. The molecular weight excluding hydrogens is 218 g/mol. The molecule has 16 heavy (non-hydrogen) atoms. The molecule has 0 heterocycles. The molecule has 0 aromatic rings. The highest BCUT2D eigenvalue weighted by Gasteiger charge is 2.16. The number of hydrogen-bond acceptors (Lipinski definition) is 3. The molecule has 3 heteroatoms. The topological polar surface area (TPSA) is 23.5 Å². The molecular formula is C13H29NOS. The third-order valence-electron chi connectivity index (χ3n) is 3.41. The molecule has 0 aromatic carbocycles. The van der Waals surface area contributed by atoms with E-state index < -0.39 is 0 Å². The van der Waals surface area contributed by atoms with E-state index in [2.05, 4.69) is 38.3 Å². The van der Waals surface area contributed by atoms with Gasteiger partial charge in [-0.1, -0.05) is 20.8 Å². The zero-order chi connectivity index (χ0) is 12.4. The zero-order valence-corrected chi connectivity index (χ0v) is 12.0. The van der Waals surface area contributed by atoms with Crippen LogP contribution in [0, 0.1) is 5.92 Å². The number of nitrogens with zero attached hydrogens (tertiary/aromatic N) is 1. The highest BCUT2D eigenvalue weighted by molar-refractivity contribution is 7.80. The summed E-state index contributed by atoms with van der Waals surface area (Å²) in [7, 11) is 0. The highest BCUT2D eigenvalue weighted by atomic mass is 32.1. The van der Waals surface area contributed by atoms with Crippen LogP contribution in [0.1, 0.15) is 46.5 Å². The highest BCUT2D eigenvalue weighted by Crippen LogP contribution is 2.19. The maximum atomic E-state index is 9.88. The van der Waals surface area contributed by atoms with Gasteiger partial charge in [-0.15, -0.1) is 0 Å². The van der Waals surface area contributed by atoms with Crippen LogP contribution >= 0.6 is 12.6 Å². The molecule has 0 aliphatic rings. The van der Waals surface area contributed by atoms with Gasteiger partial charge in [0, 0.05) is 0 Å². The molecule has 0 aliphatic carbocycles. The summed E-state index contributed by atoms with van der Waals surface area (Å²) in [6.07, 6.45) is 4.09. The van der Waals surface area contributed by atoms with Gasteiger partial charge < -0.3 is 10.0 Å². The lowest BCUT2D eigenvalue weighted by Gasteiger charge is -2.23. The minimum atomic E-state index is -0.135. The molecule has 0 radical (unpaired) electrons. The van der Waals surface area contributed by atoms with Crippen LogP contribution in [-0.4, -0.2) is 41.5 Å². The summed E-state index contributed by atoms with van der Waals surface area (Å²) < 4.78 is 0. The molecule has 98 valence electrons. The fourth-order valence-electron chi connectivity index (χ4n) is 2.15. The van der Waals surface area contributed by atoms with E-state index in [0.29, 0.717) is 5.92 Å². The van der Waals surface area contributed by atoms with Gasteiger partial charge in [0.25, 0.3) is 0 Å². The maximum Gasteiger partial charge on any atom is 0.0566 e. The SMILES string of the molecule is CC[C@H](O)C(CCS)CCCN(CC)CC. The van der Waals surface area contributed by atoms with Crippen molar-refractivity contribution >= 4 is 12.6 Å². The summed E-state index contributed by atoms with van der Waals surface area (Å²) >= 11 is 4.27. The molecule has 1 unspecified atom stereocenters. The Morgan fingerprint density at radius 1 is 1.12 bits per heavy atom. The van der Waals surface area contributed by atoms with Crippen LogP contribution in [0.4, 0.5) is 0 Å². The molecule has 0 aliphatic heterocycles. The first-order valence-electron chi connectivity index (χ1n) is 6.70. The van der Waals surface area contributed by atoms with E-state index in [0.717, 1.165) is 44.6 Å². The predicted molar refractivity (Wildman–Crippen MR) is 75.3 cm³/mol. The van der Waals surface area contributed by atoms with Crippen molar-refractivity contribution in [2.24, 2.45) is 5.92 Å². The lowest BCUT2D eigenvalue weighted by molar-refractivity contribution is 0.0935. The van der Waals surface area contributed by atoms with E-state index in [-0.39, 0.29) is 6.10 Å². The molecule has 0 saturated heterocycles. The Kier molecular flexibility index (Phi) is 10.6. The van der Waals surface area contributed by atoms with E-state index in [4.69, 9.17) is 0 Å². The first-order valence-corrected chi connectivity index (χ1v) is 7.33. The Morgan fingerprint density at radius 2 is 1.75 bits per heavy atom. The van der Waals surface area contributed by atoms with Crippen molar-refractivity contribution in [3.8, 4) is 0 Å². The molecule has 0 saturated carbocycles. The van der Waals surface area contributed by atoms with Crippen LogP contribution in [0.25, 0.3) is 0 Å². The summed E-state index contributed by atoms with van der Waals surface area (Å²) in [4.78, 5) is 2.44. The van der Waals surface area contributed by atoms with E-state index in [1.807, 2.05) is 0 Å². The number of hydrogen-bond donors (Lipinski definition) is 2. The van der Waals surface area contributed by atoms with Crippen LogP contribution < -0.4 is 0 Å². The largest absolute Gasteiger partial charge is 0.393 e. The third kappa shape index (κ3) is 6.77. The van der Waals surface area contributed by atoms with Crippen molar-refractivity contribution < 1.29 is 5.11 Å². The second-order valence-electron chi connectivity index (χ2n) is 4.42. The Bertz CT molecular complexity index is 151. The van der Waals surface area contributed by atoms with Crippen LogP contribution in [0.5, 0.6) is 0 Å². The second kappa shape index (κ2) is 10.4. The Morgan fingerprint density at radius 3 is 2.19 bits per heavy atom. The van der Waals surface area contributed by atoms with Gasteiger partial charge in [-0.25, -0.2) is 0 Å². The lowest BCUT2D eigenvalue weighted by Crippen LogP contribution is -2.26. The van der Waals surface area contributed by atoms with Crippen molar-refractivity contribution in [3.63, 3.8) is 0 Å². The fraction of sp³-hybridized carbons (Fsp3) is 1.00. The molecule has 0 amide bonds. The Labute approximate surface area is 107 Å². The van der Waals surface area contributed by atoms with Crippen LogP contribution in [-0.2, 0) is 0 Å². The van der Waals surface area contributed by atoms with Gasteiger partial charge in [-0.2, -0.15) is 12.6 Å². The minimum absolute atomic E-state index is 0.135. The summed E-state index contributed by atoms with van der Waals surface area (Å²) in [5, 5.41) is 9.88. The van der Waals surface area contributed by atoms with Gasteiger partial charge in [0.05, 0.1) is 6.10 Å². The zero-order valence-electron chi connectivity index (χ0n) is 11.2. The summed E-state index contributed by atoms with van der Waals surface area (Å²) in [6.45, 7) is 9.88. The van der Waals surface area contributed by atoms with Crippen LogP contribution in [0.2, 0.25) is 0 Å². The van der Waals surface area contributed by atoms with Gasteiger partial charge in [-0.05, 0) is 57.0 Å². The number of aliphatic hydroxyl groups excluding tert-OH is 1. The predicted octanol–water partition coefficient (Wildman–Crippen LogP) is 2.82. The van der Waals surface area contributed by atoms with Crippen molar-refractivity contribution in [3.05, 3.63) is 0 Å². The van der Waals surface area contributed by atoms with Crippen molar-refractivity contribution in [2.45, 2.75) is 52.6 Å². The average molecular weight is 247 g/mol. The van der Waals surface area contributed by atoms with Gasteiger partial charge in [0.15, 0.2) is 0 Å². The monoisotopic (exact) mass is 247 g/mol. The number of rotatable bonds is 10. The molecule has 0 fully saturated rings. The number of aliphatic hydroxyl groups is 1. The molecule has 1 N–H and O–H groups in total. The fourth-order valence-corrected chi connectivity index (χ4v) is 2.48. The quantitative estimate of drug-likeness (QED) is 0.580. The number of thiol groups is 1. The van der Waals surface area contributed by atoms with Crippen molar-refractivity contribution in [2.75, 3.05) is 25.4 Å². The molecule has 0 aromatic heterocycles. The van der Waals surface area contributed by atoms with E-state index >= 15 is 0 Å². The second-order valence-corrected chi connectivity index (χ2v) is 4.86. The van der Waals surface area contributed by atoms with Crippen molar-refractivity contribution in [1.29, 1.82) is 0 Å². The van der Waals surface area contributed by atoms with Gasteiger partial charge in [0.1, 0.15) is 0 Å². The minimum Gasteiger partial charge on any atom is -0.393 e. The smallest absolute Gasteiger partial charge is 0.0566 e. The Balaban J connectivity index is 3.83. The van der Waals surface area contributed by atoms with Crippen LogP contribution in [0.3, 0.4) is 0 Å².